The summed E-state index contributed by atoms with van der Waals surface area (Å²) in [6, 6.07) is 17.9. The summed E-state index contributed by atoms with van der Waals surface area (Å²) in [4.78, 5) is 19.4. The lowest BCUT2D eigenvalue weighted by molar-refractivity contribution is -0.112. The highest BCUT2D eigenvalue weighted by Crippen LogP contribution is 2.39. The Kier molecular flexibility index (Phi) is 3.75. The lowest BCUT2D eigenvalue weighted by atomic mass is 10.0. The van der Waals surface area contributed by atoms with Crippen molar-refractivity contribution in [1.82, 2.24) is 0 Å². The van der Waals surface area contributed by atoms with E-state index >= 15 is 0 Å². The molecule has 3 nitrogen and oxygen atoms in total. The number of benzene rings is 2. The molecule has 2 aromatic carbocycles. The molecule has 0 aromatic heterocycles. The fraction of sp³-hybridized carbons (Fsp3) is 0.158. The molecule has 114 valence electrons. The number of rotatable bonds is 1. The van der Waals surface area contributed by atoms with E-state index in [0.717, 1.165) is 46.3 Å². The molecular formula is C19H16N2OS. The number of carbonyl (C=O) groups is 1. The van der Waals surface area contributed by atoms with Gasteiger partial charge in [-0.15, -0.1) is 0 Å². The quantitative estimate of drug-likeness (QED) is 0.742. The number of amides is 1. The van der Waals surface area contributed by atoms with Gasteiger partial charge in [-0.25, -0.2) is 0 Å². The van der Waals surface area contributed by atoms with Gasteiger partial charge in [0.2, 0.25) is 0 Å². The minimum atomic E-state index is 0.0169. The van der Waals surface area contributed by atoms with E-state index in [2.05, 4.69) is 4.99 Å². The average Bonchev–Trinajstić information content (AvgIpc) is 2.89. The third-order valence-corrected chi connectivity index (χ3v) is 5.01. The molecule has 2 aliphatic rings. The van der Waals surface area contributed by atoms with E-state index < -0.39 is 0 Å². The van der Waals surface area contributed by atoms with Crippen molar-refractivity contribution < 1.29 is 4.79 Å². The van der Waals surface area contributed by atoms with Gasteiger partial charge in [0.05, 0.1) is 11.3 Å². The first-order valence-corrected chi connectivity index (χ1v) is 8.71. The van der Waals surface area contributed by atoms with E-state index in [1.54, 1.807) is 16.7 Å². The Hall–Kier alpha value is -2.33. The van der Waals surface area contributed by atoms with Crippen molar-refractivity contribution in [2.75, 3.05) is 17.2 Å². The zero-order valence-corrected chi connectivity index (χ0v) is 13.4. The van der Waals surface area contributed by atoms with Crippen molar-refractivity contribution in [1.29, 1.82) is 0 Å². The van der Waals surface area contributed by atoms with Gasteiger partial charge in [0.25, 0.3) is 5.91 Å². The van der Waals surface area contributed by atoms with Gasteiger partial charge in [-0.05, 0) is 24.1 Å². The first kappa shape index (κ1) is 14.3. The van der Waals surface area contributed by atoms with Gasteiger partial charge in [0.1, 0.15) is 0 Å². The van der Waals surface area contributed by atoms with E-state index in [1.165, 1.54) is 0 Å². The van der Waals surface area contributed by atoms with Crippen LogP contribution in [-0.2, 0) is 4.79 Å². The number of anilines is 1. The van der Waals surface area contributed by atoms with E-state index in [0.29, 0.717) is 0 Å². The first-order valence-electron chi connectivity index (χ1n) is 7.72. The zero-order chi connectivity index (χ0) is 15.6. The van der Waals surface area contributed by atoms with Crippen LogP contribution in [0.25, 0.3) is 11.6 Å². The third kappa shape index (κ3) is 2.59. The normalized spacial score (nSPS) is 19.0. The van der Waals surface area contributed by atoms with Gasteiger partial charge in [0, 0.05) is 17.9 Å². The van der Waals surface area contributed by atoms with Crippen LogP contribution in [0.1, 0.15) is 17.5 Å². The van der Waals surface area contributed by atoms with Gasteiger partial charge < -0.3 is 0 Å². The molecule has 0 fully saturated rings. The number of aliphatic imine (C=N–C) groups is 1. The van der Waals surface area contributed by atoms with Crippen LogP contribution in [0.4, 0.5) is 5.69 Å². The Morgan fingerprint density at radius 3 is 2.61 bits per heavy atom. The number of hydrogen-bond acceptors (Lipinski definition) is 3. The molecule has 0 N–H and O–H groups in total. The third-order valence-electron chi connectivity index (χ3n) is 3.95. The second kappa shape index (κ2) is 6.05. The van der Waals surface area contributed by atoms with Crippen LogP contribution >= 0.6 is 11.8 Å². The van der Waals surface area contributed by atoms with Crippen molar-refractivity contribution in [3.8, 4) is 0 Å². The van der Waals surface area contributed by atoms with Crippen LogP contribution in [-0.4, -0.2) is 23.4 Å². The van der Waals surface area contributed by atoms with Crippen molar-refractivity contribution in [2.45, 2.75) is 6.42 Å². The number of carbonyl (C=O) groups excluding carboxylic acids is 1. The fourth-order valence-electron chi connectivity index (χ4n) is 2.87. The number of nitrogens with zero attached hydrogens (tertiary/aromatic N) is 2. The predicted octanol–water partition coefficient (Wildman–Crippen LogP) is 4.07. The number of para-hydroxylation sites is 1. The van der Waals surface area contributed by atoms with Crippen molar-refractivity contribution in [3.63, 3.8) is 0 Å². The molecule has 23 heavy (non-hydrogen) atoms. The van der Waals surface area contributed by atoms with Gasteiger partial charge in [-0.3, -0.25) is 14.7 Å². The molecule has 2 heterocycles. The minimum absolute atomic E-state index is 0.0169. The molecule has 2 aliphatic heterocycles. The summed E-state index contributed by atoms with van der Waals surface area (Å²) in [7, 11) is 0. The molecule has 0 aliphatic carbocycles. The highest BCUT2D eigenvalue weighted by Gasteiger charge is 2.35. The fourth-order valence-corrected chi connectivity index (χ4v) is 3.82. The summed E-state index contributed by atoms with van der Waals surface area (Å²) in [5.41, 5.74) is 3.69. The Bertz CT molecular complexity index is 811. The van der Waals surface area contributed by atoms with Crippen LogP contribution in [0.5, 0.6) is 0 Å². The summed E-state index contributed by atoms with van der Waals surface area (Å²) in [6.07, 6.45) is 3.04. The predicted molar refractivity (Wildman–Crippen MR) is 97.6 cm³/mol. The highest BCUT2D eigenvalue weighted by atomic mass is 32.2. The van der Waals surface area contributed by atoms with E-state index in [-0.39, 0.29) is 5.91 Å². The summed E-state index contributed by atoms with van der Waals surface area (Å²) < 4.78 is 0. The van der Waals surface area contributed by atoms with Gasteiger partial charge in [0.15, 0.2) is 5.17 Å². The molecule has 4 heteroatoms. The molecule has 1 amide bonds. The first-order chi connectivity index (χ1) is 11.3. The number of thioether (sulfide) groups is 1. The van der Waals surface area contributed by atoms with Gasteiger partial charge >= 0.3 is 0 Å². The van der Waals surface area contributed by atoms with Crippen molar-refractivity contribution in [3.05, 3.63) is 65.7 Å². The van der Waals surface area contributed by atoms with Crippen molar-refractivity contribution >= 4 is 40.2 Å². The van der Waals surface area contributed by atoms with Gasteiger partial charge in [-0.1, -0.05) is 60.3 Å². The maximum Gasteiger partial charge on any atom is 0.265 e. The number of fused-ring (bicyclic) bond motifs is 1. The topological polar surface area (TPSA) is 32.7 Å². The summed E-state index contributed by atoms with van der Waals surface area (Å²) in [6.45, 7) is 0.798. The van der Waals surface area contributed by atoms with E-state index in [1.807, 2.05) is 60.7 Å². The standard InChI is InChI=1S/C19H16N2OS/c22-18-16(13-14-7-2-1-3-8-14)15-9-4-5-10-17(15)21(18)19-20-11-6-12-23-19/h1-5,7-10,13H,6,11-12H2/b16-13-. The maximum absolute atomic E-state index is 13.0. The summed E-state index contributed by atoms with van der Waals surface area (Å²) in [5, 5.41) is 0.824. The van der Waals surface area contributed by atoms with Crippen LogP contribution in [0, 0.1) is 0 Å². The Balaban J connectivity index is 1.82. The van der Waals surface area contributed by atoms with Gasteiger partial charge in [-0.2, -0.15) is 0 Å². The molecule has 4 rings (SSSR count). The van der Waals surface area contributed by atoms with Crippen LogP contribution in [0.2, 0.25) is 0 Å². The SMILES string of the molecule is O=C1/C(=C\c2ccccc2)c2ccccc2N1C1=NCCCS1. The molecule has 0 spiro atoms. The summed E-state index contributed by atoms with van der Waals surface area (Å²) in [5.74, 6) is 1.03. The lowest BCUT2D eigenvalue weighted by Crippen LogP contribution is -2.33. The molecule has 0 unspecified atom stereocenters. The second-order valence-electron chi connectivity index (χ2n) is 5.49. The molecule has 0 saturated heterocycles. The molecular weight excluding hydrogens is 304 g/mol. The van der Waals surface area contributed by atoms with E-state index in [4.69, 9.17) is 0 Å². The summed E-state index contributed by atoms with van der Waals surface area (Å²) >= 11 is 1.66. The van der Waals surface area contributed by atoms with Crippen LogP contribution in [0.3, 0.4) is 0 Å². The minimum Gasteiger partial charge on any atom is -0.268 e. The lowest BCUT2D eigenvalue weighted by Gasteiger charge is -2.21. The average molecular weight is 320 g/mol. The Morgan fingerprint density at radius 1 is 1.04 bits per heavy atom. The maximum atomic E-state index is 13.0. The molecule has 0 radical (unpaired) electrons. The zero-order valence-electron chi connectivity index (χ0n) is 12.6. The molecule has 0 atom stereocenters. The molecule has 0 bridgehead atoms. The monoisotopic (exact) mass is 320 g/mol. The molecule has 0 saturated carbocycles. The van der Waals surface area contributed by atoms with Crippen molar-refractivity contribution in [2.24, 2.45) is 4.99 Å². The number of amidine groups is 1. The van der Waals surface area contributed by atoms with E-state index in [9.17, 15) is 4.79 Å². The Morgan fingerprint density at radius 2 is 1.83 bits per heavy atom. The molecule has 2 aromatic rings. The van der Waals surface area contributed by atoms with Crippen LogP contribution in [0.15, 0.2) is 59.6 Å². The number of hydrogen-bond donors (Lipinski definition) is 0. The second-order valence-corrected chi connectivity index (χ2v) is 6.55. The highest BCUT2D eigenvalue weighted by molar-refractivity contribution is 8.14. The van der Waals surface area contributed by atoms with Crippen LogP contribution < -0.4 is 4.90 Å². The smallest absolute Gasteiger partial charge is 0.265 e. The largest absolute Gasteiger partial charge is 0.268 e. The Labute approximate surface area is 139 Å².